The molecule has 0 bridgehead atoms. The van der Waals surface area contributed by atoms with E-state index in [-0.39, 0.29) is 27.8 Å². The molecule has 0 amide bonds. The summed E-state index contributed by atoms with van der Waals surface area (Å²) in [6.07, 6.45) is -4.86. The van der Waals surface area contributed by atoms with Crippen molar-refractivity contribution in [3.8, 4) is 73.1 Å². The van der Waals surface area contributed by atoms with Crippen LogP contribution in [0.15, 0.2) is 133 Å². The van der Waals surface area contributed by atoms with Crippen LogP contribution < -0.4 is 19.7 Å². The summed E-state index contributed by atoms with van der Waals surface area (Å²) in [7, 11) is 6.72. The van der Waals surface area contributed by atoms with E-state index in [4.69, 9.17) is 47.2 Å². The van der Waals surface area contributed by atoms with E-state index in [0.717, 1.165) is 79.4 Å². The van der Waals surface area contributed by atoms with Crippen molar-refractivity contribution in [2.45, 2.75) is 193 Å². The number of aryl methyl sites for hydroxylation is 6. The van der Waals surface area contributed by atoms with Crippen molar-refractivity contribution in [1.29, 1.82) is 0 Å². The molecule has 628 valence electrons. The van der Waals surface area contributed by atoms with Crippen molar-refractivity contribution in [3.63, 3.8) is 0 Å². The van der Waals surface area contributed by atoms with Crippen molar-refractivity contribution in [1.82, 2.24) is 28.7 Å². The van der Waals surface area contributed by atoms with Gasteiger partial charge in [-0.25, -0.2) is 29.3 Å². The third kappa shape index (κ3) is 21.5. The number of imidazole rings is 3. The van der Waals surface area contributed by atoms with Crippen molar-refractivity contribution in [2.75, 3.05) is 34.0 Å². The molecule has 7 heterocycles. The lowest BCUT2D eigenvalue weighted by atomic mass is 9.71. The summed E-state index contributed by atoms with van der Waals surface area (Å²) in [4.78, 5) is 51.1. The highest BCUT2D eigenvalue weighted by atomic mass is 79.9. The van der Waals surface area contributed by atoms with Gasteiger partial charge in [-0.15, -0.1) is 0 Å². The van der Waals surface area contributed by atoms with Gasteiger partial charge in [0, 0.05) is 67.6 Å². The monoisotopic (exact) mass is 1700 g/mol. The molecule has 9 aromatic rings. The second kappa shape index (κ2) is 35.2. The number of carboxylic acids is 1. The Bertz CT molecular complexity index is 5060. The highest BCUT2D eigenvalue weighted by molar-refractivity contribution is 9.10. The fraction of sp³-hybridized carbons (Fsp3) is 0.442. The average molecular weight is 1700 g/mol. The number of benzene rings is 6. The van der Waals surface area contributed by atoms with Gasteiger partial charge in [-0.2, -0.15) is 39.5 Å². The molecule has 3 aromatic heterocycles. The number of ether oxygens (including phenoxy) is 8. The van der Waals surface area contributed by atoms with Gasteiger partial charge in [-0.05, 0) is 255 Å². The minimum atomic E-state index is -4.81. The zero-order valence-electron chi connectivity index (χ0n) is 68.5. The van der Waals surface area contributed by atoms with Crippen molar-refractivity contribution >= 4 is 46.4 Å². The second-order valence-electron chi connectivity index (χ2n) is 32.7. The van der Waals surface area contributed by atoms with Crippen LogP contribution in [0.4, 0.5) is 39.5 Å². The summed E-state index contributed by atoms with van der Waals surface area (Å²) in [5.74, 6) is -1.31. The van der Waals surface area contributed by atoms with Gasteiger partial charge in [-0.1, -0.05) is 36.4 Å². The van der Waals surface area contributed by atoms with E-state index in [1.807, 2.05) is 57.6 Å². The summed E-state index contributed by atoms with van der Waals surface area (Å²) < 4.78 is 194. The standard InChI is InChI=1S/C29H36BF3O6.C27H29F3N2O4.C26H27F3N2O4.C4H5BrN2/c1-26(2,3)37-24(25(34)35-8)23-19(29(31,32)33)12-13-20(30-38-27(4,5)28(6,7)39-30)22(23)18-11-14-21-17(16-18)10-9-15-36-21;1-26(2,3)36-24(25(33)34-5)23-19(27(28,29)30)10-9-18(20-14-32(4)15-31-20)22(23)17-8-11-21-16(13-17)7-6-12-35-21;1-25(2,3)35-23(24(32)33)22-18(26(27,28)29)9-8-17(19-13-31(4)14-30-19)21(22)16-7-10-20-15(12-16)6-5-11-34-20;1-7-2-4(5)6-3-7/h11-14,16,24H,9-10,15H2,1-8H3;8-11,13-15,24H,6-7,12H2,1-5H3;7-10,12-14,23H,5-6,11H2,1-4H3,(H,32,33);2-3H,1H3. The number of rotatable bonds is 15. The van der Waals surface area contributed by atoms with Gasteiger partial charge in [0.2, 0.25) is 0 Å². The second-order valence-corrected chi connectivity index (χ2v) is 33.5. The number of fused-ring (bicyclic) bond motifs is 3. The third-order valence-corrected chi connectivity index (χ3v) is 20.1. The lowest BCUT2D eigenvalue weighted by Crippen LogP contribution is -2.41. The van der Waals surface area contributed by atoms with Crippen LogP contribution in [0, 0.1) is 0 Å². The van der Waals surface area contributed by atoms with E-state index in [0.29, 0.717) is 94.6 Å². The van der Waals surface area contributed by atoms with Crippen LogP contribution in [-0.2, 0) is 106 Å². The lowest BCUT2D eigenvalue weighted by Gasteiger charge is -2.32. The molecular formula is C86H97BBrF9N6O14. The number of carboxylic acid groups (broad SMARTS) is 1. The first-order chi connectivity index (χ1) is 54.5. The zero-order valence-corrected chi connectivity index (χ0v) is 70.1. The molecule has 117 heavy (non-hydrogen) atoms. The Labute approximate surface area is 682 Å². The summed E-state index contributed by atoms with van der Waals surface area (Å²) in [6.45, 7) is 24.1. The maximum absolute atomic E-state index is 14.6. The number of hydrogen-bond acceptors (Lipinski definition) is 16. The minimum Gasteiger partial charge on any atom is -0.493 e. The van der Waals surface area contributed by atoms with Crippen LogP contribution in [0.2, 0.25) is 0 Å². The fourth-order valence-corrected chi connectivity index (χ4v) is 14.4. The van der Waals surface area contributed by atoms with Crippen LogP contribution in [-0.4, -0.2) is 121 Å². The van der Waals surface area contributed by atoms with Gasteiger partial charge in [0.25, 0.3) is 0 Å². The summed E-state index contributed by atoms with van der Waals surface area (Å²) in [5, 5.41) is 10.1. The summed E-state index contributed by atoms with van der Waals surface area (Å²) in [6, 6.07) is 22.7. The Morgan fingerprint density at radius 1 is 0.470 bits per heavy atom. The molecule has 0 spiro atoms. The van der Waals surface area contributed by atoms with E-state index >= 15 is 0 Å². The van der Waals surface area contributed by atoms with Crippen molar-refractivity contribution in [2.24, 2.45) is 21.1 Å². The molecule has 1 N–H and O–H groups in total. The van der Waals surface area contributed by atoms with Gasteiger partial charge in [-0.3, -0.25) is 0 Å². The number of esters is 2. The highest BCUT2D eigenvalue weighted by Crippen LogP contribution is 2.51. The Kier molecular flexibility index (Phi) is 27.0. The Morgan fingerprint density at radius 2 is 0.795 bits per heavy atom. The van der Waals surface area contributed by atoms with Gasteiger partial charge in [0.1, 0.15) is 21.9 Å². The van der Waals surface area contributed by atoms with Gasteiger partial charge < -0.3 is 66.0 Å². The summed E-state index contributed by atoms with van der Waals surface area (Å²) >= 11 is 3.20. The first-order valence-electron chi connectivity index (χ1n) is 37.9. The molecule has 13 rings (SSSR count). The van der Waals surface area contributed by atoms with Crippen molar-refractivity contribution < 1.29 is 106 Å². The molecule has 20 nitrogen and oxygen atoms in total. The number of aromatic nitrogens is 6. The predicted octanol–water partition coefficient (Wildman–Crippen LogP) is 19.4. The number of hydrogen-bond donors (Lipinski definition) is 1. The number of carbonyl (C=O) groups is 3. The molecule has 4 aliphatic heterocycles. The normalized spacial score (nSPS) is 15.9. The van der Waals surface area contributed by atoms with Gasteiger partial charge >= 0.3 is 43.6 Å². The SMILES string of the molecule is COC(=O)C(OC(C)(C)C)c1c(C(F)(F)F)ccc(-c2cn(C)cn2)c1-c1ccc2c(c1)CCCO2.COC(=O)C(OC(C)(C)C)c1c(C(F)(F)F)ccc(B2OC(C)(C)C(C)(C)O2)c1-c1ccc2c(c1)CCCO2.Cn1cnc(-c2ccc(C(F)(F)F)c(C(OC(C)(C)C)C(=O)O)c2-c2ccc3c(c2)CCCO3)c1.Cn1cnc(Br)c1. The molecule has 31 heteroatoms. The molecule has 0 saturated carbocycles. The fourth-order valence-electron chi connectivity index (χ4n) is 14.0. The minimum absolute atomic E-state index is 0.128. The van der Waals surface area contributed by atoms with Crippen LogP contribution in [0.5, 0.6) is 17.2 Å². The Hall–Kier alpha value is -9.53. The van der Waals surface area contributed by atoms with E-state index < -0.39 is 112 Å². The quantitative estimate of drug-likeness (QED) is 0.0573. The van der Waals surface area contributed by atoms with Crippen LogP contribution in [0.1, 0.15) is 178 Å². The molecule has 1 fully saturated rings. The largest absolute Gasteiger partial charge is 0.495 e. The first kappa shape index (κ1) is 89.8. The number of aliphatic carboxylic acids is 1. The number of nitrogens with zero attached hydrogens (tertiary/aromatic N) is 6. The topological polar surface area (TPSA) is 217 Å². The van der Waals surface area contributed by atoms with Crippen molar-refractivity contribution in [3.05, 3.63) is 183 Å². The van der Waals surface area contributed by atoms with Crippen LogP contribution in [0.25, 0.3) is 55.9 Å². The van der Waals surface area contributed by atoms with E-state index in [1.165, 1.54) is 24.5 Å². The number of methoxy groups -OCH3 is 2. The maximum atomic E-state index is 14.6. The van der Waals surface area contributed by atoms with Gasteiger partial charge in [0.05, 0.1) is 109 Å². The molecule has 3 unspecified atom stereocenters. The molecule has 6 aromatic carbocycles. The Morgan fingerprint density at radius 3 is 1.09 bits per heavy atom. The molecule has 4 aliphatic rings. The van der Waals surface area contributed by atoms with E-state index in [2.05, 4.69) is 30.9 Å². The molecule has 3 atom stereocenters. The van der Waals surface area contributed by atoms with E-state index in [9.17, 15) is 59.0 Å². The van der Waals surface area contributed by atoms with Gasteiger partial charge in [0.15, 0.2) is 18.3 Å². The zero-order chi connectivity index (χ0) is 86.0. The molecule has 0 radical (unpaired) electrons. The predicted molar refractivity (Wildman–Crippen MR) is 426 cm³/mol. The number of carbonyl (C=O) groups excluding carboxylic acids is 2. The highest BCUT2D eigenvalue weighted by Gasteiger charge is 2.54. The summed E-state index contributed by atoms with van der Waals surface area (Å²) in [5.41, 5.74) is -1.90. The molecular weight excluding hydrogens is 1600 g/mol. The molecule has 0 aliphatic carbocycles. The molecule has 1 saturated heterocycles. The first-order valence-corrected chi connectivity index (χ1v) is 38.7. The lowest BCUT2D eigenvalue weighted by molar-refractivity contribution is -0.167. The van der Waals surface area contributed by atoms with E-state index in [1.54, 1.807) is 153 Å². The van der Waals surface area contributed by atoms with Crippen LogP contribution in [0.3, 0.4) is 0 Å². The number of halogens is 10. The average Bonchev–Trinajstić information content (AvgIpc) is 1.73. The smallest absolute Gasteiger partial charge is 0.493 e. The third-order valence-electron chi connectivity index (χ3n) is 19.7. The Balaban J connectivity index is 0.000000177. The van der Waals surface area contributed by atoms with Crippen LogP contribution >= 0.6 is 15.9 Å². The maximum Gasteiger partial charge on any atom is 0.495 e. The number of alkyl halides is 9.